The van der Waals surface area contributed by atoms with E-state index in [1.807, 2.05) is 30.3 Å². The van der Waals surface area contributed by atoms with Crippen molar-refractivity contribution < 1.29 is 19.2 Å². The number of nitro groups is 1. The number of carbonyl (C=O) groups is 1. The van der Waals surface area contributed by atoms with Gasteiger partial charge in [-0.1, -0.05) is 30.3 Å². The van der Waals surface area contributed by atoms with E-state index >= 15 is 0 Å². The Balaban J connectivity index is 1.69. The van der Waals surface area contributed by atoms with Crippen molar-refractivity contribution in [1.82, 2.24) is 9.78 Å². The second-order valence-corrected chi connectivity index (χ2v) is 6.54. The van der Waals surface area contributed by atoms with Gasteiger partial charge in [0, 0.05) is 23.8 Å². The molecule has 1 aromatic heterocycles. The van der Waals surface area contributed by atoms with E-state index in [4.69, 9.17) is 9.47 Å². The fourth-order valence-corrected chi connectivity index (χ4v) is 2.97. The van der Waals surface area contributed by atoms with Gasteiger partial charge in [0.1, 0.15) is 5.75 Å². The van der Waals surface area contributed by atoms with E-state index in [9.17, 15) is 14.9 Å². The Morgan fingerprint density at radius 3 is 2.26 bits per heavy atom. The summed E-state index contributed by atoms with van der Waals surface area (Å²) >= 11 is 0. The SMILES string of the molecule is COc1ccc(-n2nc(-c3ccccc3)cc2OC(=O)c2ccc([N+](=O)[O-])cc2)cc1. The Hall–Kier alpha value is -4.46. The lowest BCUT2D eigenvalue weighted by Gasteiger charge is -2.08. The Kier molecular flexibility index (Phi) is 5.44. The van der Waals surface area contributed by atoms with Crippen LogP contribution in [0.4, 0.5) is 5.69 Å². The van der Waals surface area contributed by atoms with Crippen molar-refractivity contribution in [2.24, 2.45) is 0 Å². The Labute approximate surface area is 177 Å². The Morgan fingerprint density at radius 2 is 1.65 bits per heavy atom. The lowest BCUT2D eigenvalue weighted by atomic mass is 10.2. The molecular formula is C23H17N3O5. The standard InChI is InChI=1S/C23H17N3O5/c1-30-20-13-11-18(12-14-20)25-22(15-21(24-25)16-5-3-2-4-6-16)31-23(27)17-7-9-19(10-8-17)26(28)29/h2-15H,1H3. The van der Waals surface area contributed by atoms with Crippen LogP contribution in [-0.2, 0) is 0 Å². The molecule has 1 heterocycles. The molecule has 0 bridgehead atoms. The van der Waals surface area contributed by atoms with Gasteiger partial charge >= 0.3 is 5.97 Å². The maximum absolute atomic E-state index is 12.7. The number of hydrogen-bond acceptors (Lipinski definition) is 6. The molecule has 0 unspecified atom stereocenters. The van der Waals surface area contributed by atoms with Gasteiger partial charge in [-0.05, 0) is 36.4 Å². The molecule has 8 heteroatoms. The molecular weight excluding hydrogens is 398 g/mol. The molecule has 0 N–H and O–H groups in total. The summed E-state index contributed by atoms with van der Waals surface area (Å²) in [5.41, 5.74) is 2.25. The summed E-state index contributed by atoms with van der Waals surface area (Å²) in [5.74, 6) is 0.250. The molecule has 8 nitrogen and oxygen atoms in total. The quantitative estimate of drug-likeness (QED) is 0.258. The molecule has 0 fully saturated rings. The normalized spacial score (nSPS) is 10.5. The van der Waals surface area contributed by atoms with E-state index in [0.717, 1.165) is 5.56 Å². The van der Waals surface area contributed by atoms with E-state index < -0.39 is 10.9 Å². The van der Waals surface area contributed by atoms with Gasteiger partial charge in [-0.3, -0.25) is 10.1 Å². The third-order valence-corrected chi connectivity index (χ3v) is 4.57. The second-order valence-electron chi connectivity index (χ2n) is 6.54. The van der Waals surface area contributed by atoms with Crippen LogP contribution < -0.4 is 9.47 Å². The molecule has 0 atom stereocenters. The highest BCUT2D eigenvalue weighted by molar-refractivity contribution is 5.91. The number of aromatic nitrogens is 2. The highest BCUT2D eigenvalue weighted by Gasteiger charge is 2.18. The molecule has 3 aromatic carbocycles. The summed E-state index contributed by atoms with van der Waals surface area (Å²) in [7, 11) is 1.58. The summed E-state index contributed by atoms with van der Waals surface area (Å²) in [4.78, 5) is 23.0. The molecule has 31 heavy (non-hydrogen) atoms. The first-order valence-corrected chi connectivity index (χ1v) is 9.32. The van der Waals surface area contributed by atoms with Crippen LogP contribution in [0.25, 0.3) is 16.9 Å². The third kappa shape index (κ3) is 4.27. The average Bonchev–Trinajstić information content (AvgIpc) is 3.23. The smallest absolute Gasteiger partial charge is 0.344 e. The number of rotatable bonds is 6. The Bertz CT molecular complexity index is 1220. The first-order valence-electron chi connectivity index (χ1n) is 9.32. The largest absolute Gasteiger partial charge is 0.497 e. The van der Waals surface area contributed by atoms with Crippen molar-refractivity contribution >= 4 is 11.7 Å². The zero-order chi connectivity index (χ0) is 21.8. The van der Waals surface area contributed by atoms with Crippen molar-refractivity contribution in [3.05, 3.63) is 101 Å². The zero-order valence-corrected chi connectivity index (χ0v) is 16.5. The predicted octanol–water partition coefficient (Wildman–Crippen LogP) is 4.68. The third-order valence-electron chi connectivity index (χ3n) is 4.57. The lowest BCUT2D eigenvalue weighted by molar-refractivity contribution is -0.384. The maximum atomic E-state index is 12.7. The minimum absolute atomic E-state index is 0.105. The van der Waals surface area contributed by atoms with E-state index in [2.05, 4.69) is 5.10 Å². The van der Waals surface area contributed by atoms with Gasteiger partial charge in [0.15, 0.2) is 0 Å². The molecule has 0 amide bonds. The van der Waals surface area contributed by atoms with Crippen molar-refractivity contribution in [2.45, 2.75) is 0 Å². The summed E-state index contributed by atoms with van der Waals surface area (Å²) in [6.07, 6.45) is 0. The molecule has 4 aromatic rings. The highest BCUT2D eigenvalue weighted by Crippen LogP contribution is 2.28. The number of ether oxygens (including phenoxy) is 2. The fraction of sp³-hybridized carbons (Fsp3) is 0.0435. The van der Waals surface area contributed by atoms with E-state index in [1.165, 1.54) is 28.9 Å². The van der Waals surface area contributed by atoms with Gasteiger partial charge in [-0.15, -0.1) is 0 Å². The minimum atomic E-state index is -0.649. The number of esters is 1. The van der Waals surface area contributed by atoms with Crippen LogP contribution in [0.3, 0.4) is 0 Å². The van der Waals surface area contributed by atoms with Crippen LogP contribution in [0.1, 0.15) is 10.4 Å². The number of benzene rings is 3. The van der Waals surface area contributed by atoms with Gasteiger partial charge in [-0.2, -0.15) is 9.78 Å². The molecule has 0 saturated heterocycles. The number of methoxy groups -OCH3 is 1. The van der Waals surface area contributed by atoms with E-state index in [0.29, 0.717) is 17.1 Å². The van der Waals surface area contributed by atoms with Gasteiger partial charge in [0.05, 0.1) is 29.0 Å². The zero-order valence-electron chi connectivity index (χ0n) is 16.5. The number of carbonyl (C=O) groups excluding carboxylic acids is 1. The highest BCUT2D eigenvalue weighted by atomic mass is 16.6. The first-order chi connectivity index (χ1) is 15.0. The summed E-state index contributed by atoms with van der Waals surface area (Å²) in [6.45, 7) is 0. The summed E-state index contributed by atoms with van der Waals surface area (Å²) in [6, 6.07) is 23.5. The van der Waals surface area contributed by atoms with Crippen molar-refractivity contribution in [2.75, 3.05) is 7.11 Å². The first kappa shape index (κ1) is 19.8. The summed E-state index contributed by atoms with van der Waals surface area (Å²) < 4.78 is 12.3. The second kappa shape index (κ2) is 8.50. The van der Waals surface area contributed by atoms with Crippen LogP contribution in [0.5, 0.6) is 11.6 Å². The molecule has 0 aliphatic rings. The molecule has 4 rings (SSSR count). The van der Waals surface area contributed by atoms with Gasteiger partial charge < -0.3 is 9.47 Å². The van der Waals surface area contributed by atoms with Crippen LogP contribution in [0.2, 0.25) is 0 Å². The van der Waals surface area contributed by atoms with Crippen molar-refractivity contribution in [3.63, 3.8) is 0 Å². The summed E-state index contributed by atoms with van der Waals surface area (Å²) in [5, 5.41) is 15.4. The predicted molar refractivity (Wildman–Crippen MR) is 114 cm³/mol. The van der Waals surface area contributed by atoms with E-state index in [1.54, 1.807) is 37.4 Å². The Morgan fingerprint density at radius 1 is 0.968 bits per heavy atom. The molecule has 0 aliphatic carbocycles. The van der Waals surface area contributed by atoms with Crippen molar-refractivity contribution in [3.8, 4) is 28.6 Å². The molecule has 0 radical (unpaired) electrons. The molecule has 0 saturated carbocycles. The van der Waals surface area contributed by atoms with Gasteiger partial charge in [0.25, 0.3) is 5.69 Å². The van der Waals surface area contributed by atoms with Crippen LogP contribution in [0, 0.1) is 10.1 Å². The number of nitrogens with zero attached hydrogens (tertiary/aromatic N) is 3. The fourth-order valence-electron chi connectivity index (χ4n) is 2.97. The minimum Gasteiger partial charge on any atom is -0.497 e. The average molecular weight is 415 g/mol. The monoisotopic (exact) mass is 415 g/mol. The topological polar surface area (TPSA) is 96.5 Å². The lowest BCUT2D eigenvalue weighted by Crippen LogP contribution is -2.11. The van der Waals surface area contributed by atoms with Crippen LogP contribution >= 0.6 is 0 Å². The molecule has 0 aliphatic heterocycles. The van der Waals surface area contributed by atoms with Gasteiger partial charge in [-0.25, -0.2) is 4.79 Å². The van der Waals surface area contributed by atoms with Crippen molar-refractivity contribution in [1.29, 1.82) is 0 Å². The number of hydrogen-bond donors (Lipinski definition) is 0. The maximum Gasteiger partial charge on any atom is 0.344 e. The molecule has 154 valence electrons. The van der Waals surface area contributed by atoms with Gasteiger partial charge in [0.2, 0.25) is 5.88 Å². The number of non-ortho nitro benzene ring substituents is 1. The number of nitro benzene ring substituents is 1. The van der Waals surface area contributed by atoms with Crippen LogP contribution in [-0.4, -0.2) is 27.8 Å². The molecule has 0 spiro atoms. The van der Waals surface area contributed by atoms with E-state index in [-0.39, 0.29) is 17.1 Å². The van der Waals surface area contributed by atoms with Crippen LogP contribution in [0.15, 0.2) is 84.9 Å².